The number of hydrogen-bond acceptors (Lipinski definition) is 3. The molecule has 0 fully saturated rings. The molecule has 2 unspecified atom stereocenters. The number of nitriles is 1. The Bertz CT molecular complexity index is 624. The minimum atomic E-state index is -0.269. The van der Waals surface area contributed by atoms with E-state index in [1.165, 1.54) is 6.21 Å². The average molecular weight is 371 g/mol. The highest BCUT2D eigenvalue weighted by molar-refractivity contribution is 8.02. The summed E-state index contributed by atoms with van der Waals surface area (Å²) in [6.07, 6.45) is 17.2. The molecule has 142 valence electrons. The third-order valence-corrected chi connectivity index (χ3v) is 4.99. The summed E-state index contributed by atoms with van der Waals surface area (Å²) in [5.41, 5.74) is 2.12. The summed E-state index contributed by atoms with van der Waals surface area (Å²) in [6.45, 7) is 17.2. The van der Waals surface area contributed by atoms with E-state index in [1.54, 1.807) is 0 Å². The molecule has 0 radical (unpaired) electrons. The van der Waals surface area contributed by atoms with E-state index in [9.17, 15) is 0 Å². The second kappa shape index (κ2) is 11.8. The molecular weight excluding hydrogens is 336 g/mol. The van der Waals surface area contributed by atoms with E-state index in [1.807, 2.05) is 49.1 Å². The highest BCUT2D eigenvalue weighted by Gasteiger charge is 2.32. The van der Waals surface area contributed by atoms with E-state index in [4.69, 9.17) is 10.7 Å². The van der Waals surface area contributed by atoms with Crippen molar-refractivity contribution >= 4 is 18.0 Å². The van der Waals surface area contributed by atoms with Crippen LogP contribution in [0.3, 0.4) is 0 Å². The van der Waals surface area contributed by atoms with Crippen molar-refractivity contribution in [3.05, 3.63) is 60.3 Å². The zero-order valence-corrected chi connectivity index (χ0v) is 18.0. The topological polar surface area (TPSA) is 47.6 Å². The molecule has 0 bridgehead atoms. The summed E-state index contributed by atoms with van der Waals surface area (Å²) in [7, 11) is 0. The van der Waals surface area contributed by atoms with Crippen LogP contribution in [-0.2, 0) is 0 Å². The van der Waals surface area contributed by atoms with Gasteiger partial charge in [0, 0.05) is 11.2 Å². The van der Waals surface area contributed by atoms with E-state index < -0.39 is 0 Å². The smallest absolute Gasteiger partial charge is 0.0694 e. The zero-order valence-electron chi connectivity index (χ0n) is 17.2. The number of nitrogens with zero attached hydrogens (tertiary/aromatic N) is 1. The van der Waals surface area contributed by atoms with Crippen molar-refractivity contribution in [2.24, 2.45) is 5.92 Å². The third kappa shape index (κ3) is 9.63. The normalized spacial score (nSPS) is 16.7. The van der Waals surface area contributed by atoms with Crippen molar-refractivity contribution in [2.75, 3.05) is 0 Å². The third-order valence-electron chi connectivity index (χ3n) is 3.57. The van der Waals surface area contributed by atoms with Gasteiger partial charge in [-0.1, -0.05) is 76.8 Å². The van der Waals surface area contributed by atoms with Gasteiger partial charge in [0.15, 0.2) is 0 Å². The monoisotopic (exact) mass is 370 g/mol. The molecule has 0 heterocycles. The Balaban J connectivity index is 5.79. The van der Waals surface area contributed by atoms with Crippen LogP contribution in [0.25, 0.3) is 0 Å². The first-order chi connectivity index (χ1) is 12.1. The van der Waals surface area contributed by atoms with E-state index in [2.05, 4.69) is 59.4 Å². The molecule has 0 aliphatic heterocycles. The molecule has 26 heavy (non-hydrogen) atoms. The molecule has 0 amide bonds. The standard InChI is InChI=1S/C23H34N2S/c1-8-13-21(15-14-19(2)18-25)20(3)23(7,26-22(4,5)6)16-11-9-10-12-17-24/h9-11,13-17,19,24H,3,8,12H2,1-2,4-7H3/b10-9-,15-14-,16-11-,21-13+,24-17?. The minimum Gasteiger partial charge on any atom is -0.313 e. The van der Waals surface area contributed by atoms with Gasteiger partial charge in [-0.15, -0.1) is 11.8 Å². The Morgan fingerprint density at radius 2 is 1.92 bits per heavy atom. The van der Waals surface area contributed by atoms with Crippen molar-refractivity contribution in [3.8, 4) is 6.07 Å². The van der Waals surface area contributed by atoms with Crippen LogP contribution in [0.1, 0.15) is 54.4 Å². The van der Waals surface area contributed by atoms with Crippen molar-refractivity contribution in [1.82, 2.24) is 0 Å². The number of hydrogen-bond donors (Lipinski definition) is 1. The molecule has 2 atom stereocenters. The summed E-state index contributed by atoms with van der Waals surface area (Å²) in [5.74, 6) is -0.121. The summed E-state index contributed by atoms with van der Waals surface area (Å²) in [5, 5.41) is 16.1. The first-order valence-corrected chi connectivity index (χ1v) is 9.92. The van der Waals surface area contributed by atoms with Gasteiger partial charge in [-0.05, 0) is 37.6 Å². The molecule has 2 nitrogen and oxygen atoms in total. The van der Waals surface area contributed by atoms with Crippen LogP contribution in [0.15, 0.2) is 60.3 Å². The lowest BCUT2D eigenvalue weighted by Crippen LogP contribution is -2.27. The highest BCUT2D eigenvalue weighted by Crippen LogP contribution is 2.44. The SMILES string of the molecule is C=C(C(/C=C\C(C)C#N)=C/CC)C(C)(/C=C\C=C/CC=N)SC(C)(C)C. The second-order valence-corrected chi connectivity index (χ2v) is 9.65. The van der Waals surface area contributed by atoms with Gasteiger partial charge in [0.2, 0.25) is 0 Å². The van der Waals surface area contributed by atoms with E-state index >= 15 is 0 Å². The van der Waals surface area contributed by atoms with Gasteiger partial charge in [-0.3, -0.25) is 0 Å². The van der Waals surface area contributed by atoms with Gasteiger partial charge in [-0.2, -0.15) is 5.26 Å². The van der Waals surface area contributed by atoms with Crippen LogP contribution in [-0.4, -0.2) is 15.7 Å². The van der Waals surface area contributed by atoms with Crippen LogP contribution >= 0.6 is 11.8 Å². The van der Waals surface area contributed by atoms with Gasteiger partial charge in [-0.25, -0.2) is 0 Å². The number of thioether (sulfide) groups is 1. The number of allylic oxidation sites excluding steroid dienone is 7. The van der Waals surface area contributed by atoms with Crippen LogP contribution in [0.5, 0.6) is 0 Å². The lowest BCUT2D eigenvalue weighted by atomic mass is 9.92. The van der Waals surface area contributed by atoms with Crippen molar-refractivity contribution in [3.63, 3.8) is 0 Å². The molecule has 0 spiro atoms. The molecule has 0 rings (SSSR count). The Labute approximate surface area is 165 Å². The zero-order chi connectivity index (χ0) is 20.2. The molecule has 0 saturated heterocycles. The summed E-state index contributed by atoms with van der Waals surface area (Å²) < 4.78 is -0.198. The average Bonchev–Trinajstić information content (AvgIpc) is 2.55. The van der Waals surface area contributed by atoms with Crippen molar-refractivity contribution in [2.45, 2.75) is 63.9 Å². The maximum Gasteiger partial charge on any atom is 0.0694 e. The number of nitrogens with one attached hydrogen (secondary N) is 1. The van der Waals surface area contributed by atoms with Crippen LogP contribution in [0, 0.1) is 22.7 Å². The Kier molecular flexibility index (Phi) is 10.9. The van der Waals surface area contributed by atoms with Gasteiger partial charge in [0.05, 0.1) is 16.7 Å². The number of rotatable bonds is 10. The Morgan fingerprint density at radius 1 is 1.27 bits per heavy atom. The molecule has 0 saturated carbocycles. The first kappa shape index (κ1) is 24.2. The summed E-state index contributed by atoms with van der Waals surface area (Å²) in [6, 6.07) is 2.24. The van der Waals surface area contributed by atoms with Gasteiger partial charge >= 0.3 is 0 Å². The predicted octanol–water partition coefficient (Wildman–Crippen LogP) is 7.04. The van der Waals surface area contributed by atoms with Crippen LogP contribution < -0.4 is 0 Å². The molecule has 0 aliphatic rings. The maximum atomic E-state index is 9.03. The quantitative estimate of drug-likeness (QED) is 0.331. The first-order valence-electron chi connectivity index (χ1n) is 9.10. The molecule has 0 aromatic carbocycles. The lowest BCUT2D eigenvalue weighted by Gasteiger charge is -2.35. The van der Waals surface area contributed by atoms with Crippen LogP contribution in [0.4, 0.5) is 0 Å². The van der Waals surface area contributed by atoms with Gasteiger partial charge in [0.1, 0.15) is 0 Å². The predicted molar refractivity (Wildman–Crippen MR) is 119 cm³/mol. The molecule has 1 N–H and O–H groups in total. The molecular formula is C23H34N2S. The van der Waals surface area contributed by atoms with Gasteiger partial charge in [0.25, 0.3) is 0 Å². The lowest BCUT2D eigenvalue weighted by molar-refractivity contribution is 0.781. The fourth-order valence-electron chi connectivity index (χ4n) is 2.39. The van der Waals surface area contributed by atoms with E-state index in [0.717, 1.165) is 17.6 Å². The second-order valence-electron chi connectivity index (χ2n) is 7.37. The Hall–Kier alpha value is -1.79. The van der Waals surface area contributed by atoms with E-state index in [0.29, 0.717) is 6.42 Å². The van der Waals surface area contributed by atoms with Crippen molar-refractivity contribution in [1.29, 1.82) is 10.7 Å². The Morgan fingerprint density at radius 3 is 2.42 bits per heavy atom. The fourth-order valence-corrected chi connectivity index (χ4v) is 4.05. The summed E-state index contributed by atoms with van der Waals surface area (Å²) in [4.78, 5) is 0. The molecule has 0 aromatic heterocycles. The van der Waals surface area contributed by atoms with Gasteiger partial charge < -0.3 is 5.41 Å². The highest BCUT2D eigenvalue weighted by atomic mass is 32.2. The largest absolute Gasteiger partial charge is 0.313 e. The van der Waals surface area contributed by atoms with Crippen LogP contribution in [0.2, 0.25) is 0 Å². The summed E-state index contributed by atoms with van der Waals surface area (Å²) >= 11 is 1.87. The maximum absolute atomic E-state index is 9.03. The fraction of sp³-hybridized carbons (Fsp3) is 0.478. The van der Waals surface area contributed by atoms with Crippen molar-refractivity contribution < 1.29 is 0 Å². The molecule has 0 aromatic rings. The minimum absolute atomic E-state index is 0.0711. The van der Waals surface area contributed by atoms with E-state index in [-0.39, 0.29) is 15.4 Å². The molecule has 3 heteroatoms. The molecule has 0 aliphatic carbocycles.